The van der Waals surface area contributed by atoms with E-state index in [0.717, 1.165) is 95.8 Å². The number of aliphatic hydroxyl groups excluding tert-OH is 1. The molecule has 2 unspecified atom stereocenters. The highest BCUT2D eigenvalue weighted by Gasteiger charge is 2.30. The molecule has 0 aromatic carbocycles. The van der Waals surface area contributed by atoms with E-state index in [9.17, 15) is 43.2 Å². The molecule has 0 aliphatic heterocycles. The molecule has 0 rings (SSSR count). The van der Waals surface area contributed by atoms with E-state index in [1.807, 2.05) is 0 Å². The van der Waals surface area contributed by atoms with E-state index < -0.39 is 97.5 Å². The van der Waals surface area contributed by atoms with Gasteiger partial charge in [-0.1, -0.05) is 260 Å². The monoisotopic (exact) mass is 1210 g/mol. The molecule has 0 fully saturated rings. The third kappa shape index (κ3) is 57.2. The fourth-order valence-electron chi connectivity index (χ4n) is 9.35. The fourth-order valence-corrected chi connectivity index (χ4v) is 10.9. The summed E-state index contributed by atoms with van der Waals surface area (Å²) >= 11 is 0. The van der Waals surface area contributed by atoms with Gasteiger partial charge in [0.05, 0.1) is 26.4 Å². The molecule has 0 aromatic heterocycles. The smallest absolute Gasteiger partial charge is 0.462 e. The molecule has 0 aliphatic rings. The Morgan fingerprint density at radius 2 is 0.561 bits per heavy atom. The maximum Gasteiger partial charge on any atom is 0.472 e. The van der Waals surface area contributed by atoms with Gasteiger partial charge in [0, 0.05) is 25.7 Å². The quantitative estimate of drug-likeness (QED) is 0.0222. The van der Waals surface area contributed by atoms with Crippen molar-refractivity contribution in [3.8, 4) is 0 Å². The minimum absolute atomic E-state index is 0.103. The molecule has 0 bridgehead atoms. The van der Waals surface area contributed by atoms with Crippen LogP contribution in [0, 0.1) is 11.8 Å². The summed E-state index contributed by atoms with van der Waals surface area (Å²) in [5, 5.41) is 10.5. The molecule has 3 N–H and O–H groups in total. The van der Waals surface area contributed by atoms with Crippen molar-refractivity contribution in [2.75, 3.05) is 39.6 Å². The Kier molecular flexibility index (Phi) is 54.3. The minimum Gasteiger partial charge on any atom is -0.462 e. The van der Waals surface area contributed by atoms with Gasteiger partial charge in [-0.3, -0.25) is 37.3 Å². The van der Waals surface area contributed by atoms with Crippen molar-refractivity contribution in [1.82, 2.24) is 0 Å². The van der Waals surface area contributed by atoms with Gasteiger partial charge in [-0.15, -0.1) is 0 Å². The lowest BCUT2D eigenvalue weighted by Crippen LogP contribution is -2.30. The third-order valence-electron chi connectivity index (χ3n) is 14.5. The maximum atomic E-state index is 13.0. The predicted molar refractivity (Wildman–Crippen MR) is 326 cm³/mol. The van der Waals surface area contributed by atoms with Crippen molar-refractivity contribution in [3.63, 3.8) is 0 Å². The second-order valence-electron chi connectivity index (χ2n) is 23.7. The van der Waals surface area contributed by atoms with Crippen LogP contribution >= 0.6 is 15.6 Å². The van der Waals surface area contributed by atoms with Gasteiger partial charge in [-0.25, -0.2) is 9.13 Å². The van der Waals surface area contributed by atoms with Gasteiger partial charge in [0.1, 0.15) is 19.3 Å². The minimum atomic E-state index is -4.94. The van der Waals surface area contributed by atoms with Gasteiger partial charge in [-0.2, -0.15) is 0 Å². The average molecular weight is 1210 g/mol. The van der Waals surface area contributed by atoms with Crippen molar-refractivity contribution in [2.45, 2.75) is 330 Å². The summed E-state index contributed by atoms with van der Waals surface area (Å²) in [6, 6.07) is 0. The van der Waals surface area contributed by atoms with E-state index in [2.05, 4.69) is 41.5 Å². The summed E-state index contributed by atoms with van der Waals surface area (Å²) in [5.74, 6) is -0.715. The standard InChI is InChI=1S/C63H122O17P2/c1-7-9-11-13-15-17-18-19-21-29-35-41-47-62(67)79-58(51-74-61(66)46-40-34-28-23-22-25-31-37-43-55(3)4)53-77-81(69,70)75-49-57(64)50-76-82(71,72)78-54-59(52-73-60(65)45-39-33-27-20-16-14-12-10-8-2)80-63(68)48-42-36-30-24-26-32-38-44-56(5)6/h55-59,64H,7-54H2,1-6H3,(H,69,70)(H,71,72)/t57-,58-,59-/m1/s1. The Morgan fingerprint density at radius 3 is 0.829 bits per heavy atom. The molecular weight excluding hydrogens is 1090 g/mol. The van der Waals surface area contributed by atoms with Crippen molar-refractivity contribution >= 4 is 39.5 Å². The first-order valence-electron chi connectivity index (χ1n) is 33.0. The van der Waals surface area contributed by atoms with Crippen molar-refractivity contribution in [3.05, 3.63) is 0 Å². The number of carbonyl (C=O) groups is 4. The summed E-state index contributed by atoms with van der Waals surface area (Å²) in [7, 11) is -9.88. The Hall–Kier alpha value is -1.94. The van der Waals surface area contributed by atoms with Gasteiger partial charge in [0.25, 0.3) is 0 Å². The molecule has 17 nitrogen and oxygen atoms in total. The topological polar surface area (TPSA) is 237 Å². The van der Waals surface area contributed by atoms with Crippen molar-refractivity contribution in [2.24, 2.45) is 11.8 Å². The summed E-state index contributed by atoms with van der Waals surface area (Å²) in [6.45, 7) is 9.37. The van der Waals surface area contributed by atoms with E-state index >= 15 is 0 Å². The molecule has 0 radical (unpaired) electrons. The van der Waals surface area contributed by atoms with Crippen LogP contribution in [-0.2, 0) is 65.4 Å². The molecule has 0 heterocycles. The Bertz CT molecular complexity index is 1620. The molecule has 0 aromatic rings. The average Bonchev–Trinajstić information content (AvgIpc) is 3.43. The van der Waals surface area contributed by atoms with Crippen LogP contribution in [-0.4, -0.2) is 96.7 Å². The zero-order chi connectivity index (χ0) is 60.8. The SMILES string of the molecule is CCCCCCCCCCCCCCC(=O)O[C@H](COC(=O)CCCCCCCCCCC(C)C)COP(=O)(O)OC[C@@H](O)COP(=O)(O)OC[C@@H](COC(=O)CCCCCCCCCCC)OC(=O)CCCCCCCCCC(C)C. The lowest BCUT2D eigenvalue weighted by atomic mass is 10.0. The number of carbonyl (C=O) groups excluding carboxylic acids is 4. The molecule has 5 atom stereocenters. The van der Waals surface area contributed by atoms with Crippen molar-refractivity contribution in [1.29, 1.82) is 0 Å². The Balaban J connectivity index is 5.24. The lowest BCUT2D eigenvalue weighted by molar-refractivity contribution is -0.161. The normalized spacial score (nSPS) is 14.3. The van der Waals surface area contributed by atoms with Crippen LogP contribution in [0.2, 0.25) is 0 Å². The van der Waals surface area contributed by atoms with Crippen LogP contribution in [0.5, 0.6) is 0 Å². The van der Waals surface area contributed by atoms with Gasteiger partial charge in [-0.05, 0) is 37.5 Å². The predicted octanol–water partition coefficient (Wildman–Crippen LogP) is 17.3. The number of aliphatic hydroxyl groups is 1. The fraction of sp³-hybridized carbons (Fsp3) is 0.937. The number of ether oxygens (including phenoxy) is 4. The van der Waals surface area contributed by atoms with Gasteiger partial charge in [0.2, 0.25) is 0 Å². The highest BCUT2D eigenvalue weighted by Crippen LogP contribution is 2.45. The molecule has 0 saturated heterocycles. The Labute approximate surface area is 498 Å². The molecule has 486 valence electrons. The third-order valence-corrected chi connectivity index (χ3v) is 16.4. The molecule has 0 spiro atoms. The van der Waals surface area contributed by atoms with Crippen LogP contribution in [0.4, 0.5) is 0 Å². The van der Waals surface area contributed by atoms with E-state index in [1.54, 1.807) is 0 Å². The number of esters is 4. The first kappa shape index (κ1) is 80.1. The van der Waals surface area contributed by atoms with E-state index in [-0.39, 0.29) is 25.7 Å². The number of phosphoric acid groups is 2. The van der Waals surface area contributed by atoms with E-state index in [0.29, 0.717) is 31.6 Å². The highest BCUT2D eigenvalue weighted by molar-refractivity contribution is 7.47. The summed E-state index contributed by atoms with van der Waals surface area (Å²) < 4.78 is 67.9. The zero-order valence-corrected chi connectivity index (χ0v) is 54.6. The first-order valence-corrected chi connectivity index (χ1v) is 36.0. The summed E-state index contributed by atoms with van der Waals surface area (Å²) in [4.78, 5) is 72.1. The molecule has 0 saturated carbocycles. The van der Waals surface area contributed by atoms with Crippen LogP contribution in [0.3, 0.4) is 0 Å². The molecule has 82 heavy (non-hydrogen) atoms. The second kappa shape index (κ2) is 55.6. The van der Waals surface area contributed by atoms with Gasteiger partial charge in [0.15, 0.2) is 12.2 Å². The number of unbranched alkanes of at least 4 members (excludes halogenated alkanes) is 32. The largest absolute Gasteiger partial charge is 0.472 e. The Morgan fingerprint density at radius 1 is 0.329 bits per heavy atom. The zero-order valence-electron chi connectivity index (χ0n) is 52.8. The van der Waals surface area contributed by atoms with E-state index in [1.165, 1.54) is 128 Å². The number of hydrogen-bond acceptors (Lipinski definition) is 15. The molecule has 19 heteroatoms. The molecular formula is C63H122O17P2. The number of rotatable bonds is 62. The maximum absolute atomic E-state index is 13.0. The highest BCUT2D eigenvalue weighted by atomic mass is 31.2. The second-order valence-corrected chi connectivity index (χ2v) is 26.7. The van der Waals surface area contributed by atoms with Gasteiger partial charge < -0.3 is 33.8 Å². The number of phosphoric ester groups is 2. The van der Waals surface area contributed by atoms with Crippen LogP contribution in [0.25, 0.3) is 0 Å². The van der Waals surface area contributed by atoms with Crippen LogP contribution in [0.15, 0.2) is 0 Å². The van der Waals surface area contributed by atoms with E-state index in [4.69, 9.17) is 37.0 Å². The van der Waals surface area contributed by atoms with Crippen LogP contribution in [0.1, 0.15) is 311 Å². The first-order chi connectivity index (χ1) is 39.4. The lowest BCUT2D eigenvalue weighted by Gasteiger charge is -2.21. The molecule has 0 amide bonds. The van der Waals surface area contributed by atoms with Crippen LogP contribution < -0.4 is 0 Å². The molecule has 0 aliphatic carbocycles. The summed E-state index contributed by atoms with van der Waals surface area (Å²) in [5.41, 5.74) is 0. The van der Waals surface area contributed by atoms with Crippen molar-refractivity contribution < 1.29 is 80.2 Å². The number of hydrogen-bond donors (Lipinski definition) is 3. The summed E-state index contributed by atoms with van der Waals surface area (Å²) in [6.07, 6.45) is 37.6. The van der Waals surface area contributed by atoms with Gasteiger partial charge >= 0.3 is 39.5 Å².